The molecule has 0 aliphatic carbocycles. The number of methoxy groups -OCH3 is 1. The number of anilines is 1. The molecule has 7 heteroatoms. The van der Waals surface area contributed by atoms with Crippen molar-refractivity contribution in [3.05, 3.63) is 28.9 Å². The summed E-state index contributed by atoms with van der Waals surface area (Å²) >= 11 is 6.07. The number of rotatable bonds is 4. The quantitative estimate of drug-likeness (QED) is 0.817. The molecular formula is C18H22ClN3O3. The van der Waals surface area contributed by atoms with E-state index in [1.165, 1.54) is 7.11 Å². The lowest BCUT2D eigenvalue weighted by molar-refractivity contribution is -0.117. The smallest absolute Gasteiger partial charge is 0.356 e. The number of nitrogens with one attached hydrogen (secondary N) is 2. The highest BCUT2D eigenvalue weighted by Gasteiger charge is 2.22. The predicted molar refractivity (Wildman–Crippen MR) is 98.1 cm³/mol. The molecule has 1 aromatic heterocycles. The summed E-state index contributed by atoms with van der Waals surface area (Å²) < 4.78 is 4.82. The Morgan fingerprint density at radius 3 is 2.76 bits per heavy atom. The number of nitrogens with zero attached hydrogens (tertiary/aromatic N) is 1. The van der Waals surface area contributed by atoms with Gasteiger partial charge >= 0.3 is 5.97 Å². The van der Waals surface area contributed by atoms with Gasteiger partial charge in [0.2, 0.25) is 5.91 Å². The number of ether oxygens (including phenoxy) is 1. The second kappa shape index (κ2) is 7.45. The van der Waals surface area contributed by atoms with Gasteiger partial charge in [-0.1, -0.05) is 18.5 Å². The fraction of sp³-hybridized carbons (Fsp3) is 0.444. The number of H-pyrrole nitrogens is 1. The SMILES string of the molecule is COC(=O)c1[nH]c2ccc(Cl)cc2c1NC(=O)CN1CCC(C)CC1. The van der Waals surface area contributed by atoms with Crippen LogP contribution in [0.2, 0.25) is 5.02 Å². The van der Waals surface area contributed by atoms with E-state index in [4.69, 9.17) is 16.3 Å². The maximum atomic E-state index is 12.5. The average Bonchev–Trinajstić information content (AvgIpc) is 2.94. The molecular weight excluding hydrogens is 342 g/mol. The van der Waals surface area contributed by atoms with Crippen molar-refractivity contribution in [3.8, 4) is 0 Å². The third kappa shape index (κ3) is 3.96. The first-order valence-electron chi connectivity index (χ1n) is 8.39. The van der Waals surface area contributed by atoms with Crippen LogP contribution in [-0.4, -0.2) is 48.5 Å². The third-order valence-electron chi connectivity index (χ3n) is 4.66. The van der Waals surface area contributed by atoms with Gasteiger partial charge in [-0.2, -0.15) is 0 Å². The molecule has 1 saturated heterocycles. The van der Waals surface area contributed by atoms with E-state index < -0.39 is 5.97 Å². The molecule has 0 spiro atoms. The highest BCUT2D eigenvalue weighted by molar-refractivity contribution is 6.31. The Bertz CT molecular complexity index is 794. The van der Waals surface area contributed by atoms with Crippen LogP contribution in [0, 0.1) is 5.92 Å². The number of carbonyl (C=O) groups excluding carboxylic acids is 2. The normalized spacial score (nSPS) is 16.1. The Morgan fingerprint density at radius 1 is 1.36 bits per heavy atom. The molecule has 0 atom stereocenters. The number of likely N-dealkylation sites (tertiary alicyclic amines) is 1. The number of hydrogen-bond acceptors (Lipinski definition) is 4. The number of aromatic amines is 1. The van der Waals surface area contributed by atoms with Crippen LogP contribution in [-0.2, 0) is 9.53 Å². The summed E-state index contributed by atoms with van der Waals surface area (Å²) in [5, 5.41) is 4.08. The summed E-state index contributed by atoms with van der Waals surface area (Å²) in [7, 11) is 1.31. The Kier molecular flexibility index (Phi) is 5.30. The minimum Gasteiger partial charge on any atom is -0.464 e. The van der Waals surface area contributed by atoms with Crippen molar-refractivity contribution >= 4 is 40.1 Å². The number of carbonyl (C=O) groups is 2. The second-order valence-electron chi connectivity index (χ2n) is 6.56. The standard InChI is InChI=1S/C18H22ClN3O3/c1-11-5-7-22(8-6-11)10-15(23)21-16-13-9-12(19)3-4-14(13)20-17(16)18(24)25-2/h3-4,9,11,20H,5-8,10H2,1-2H3,(H,21,23). The lowest BCUT2D eigenvalue weighted by atomic mass is 9.99. The van der Waals surface area contributed by atoms with Crippen LogP contribution < -0.4 is 5.32 Å². The summed E-state index contributed by atoms with van der Waals surface area (Å²) in [5.74, 6) is 0.0241. The predicted octanol–water partition coefficient (Wildman–Crippen LogP) is 3.28. The number of halogens is 1. The van der Waals surface area contributed by atoms with Gasteiger partial charge < -0.3 is 15.0 Å². The molecule has 2 heterocycles. The number of piperidine rings is 1. The fourth-order valence-electron chi connectivity index (χ4n) is 3.15. The largest absolute Gasteiger partial charge is 0.464 e. The van der Waals surface area contributed by atoms with E-state index in [-0.39, 0.29) is 11.6 Å². The minimum absolute atomic E-state index is 0.152. The van der Waals surface area contributed by atoms with Crippen LogP contribution in [0.15, 0.2) is 18.2 Å². The average molecular weight is 364 g/mol. The third-order valence-corrected chi connectivity index (χ3v) is 4.89. The van der Waals surface area contributed by atoms with E-state index in [1.54, 1.807) is 18.2 Å². The fourth-order valence-corrected chi connectivity index (χ4v) is 3.32. The van der Waals surface area contributed by atoms with Crippen molar-refractivity contribution in [1.29, 1.82) is 0 Å². The van der Waals surface area contributed by atoms with Gasteiger partial charge in [0.25, 0.3) is 0 Å². The first kappa shape index (κ1) is 17.8. The highest BCUT2D eigenvalue weighted by atomic mass is 35.5. The van der Waals surface area contributed by atoms with Crippen LogP contribution in [0.25, 0.3) is 10.9 Å². The monoisotopic (exact) mass is 363 g/mol. The summed E-state index contributed by atoms with van der Waals surface area (Å²) in [6, 6.07) is 5.21. The van der Waals surface area contributed by atoms with E-state index in [0.717, 1.165) is 25.9 Å². The molecule has 1 fully saturated rings. The van der Waals surface area contributed by atoms with Crippen molar-refractivity contribution in [2.24, 2.45) is 5.92 Å². The maximum absolute atomic E-state index is 12.5. The first-order chi connectivity index (χ1) is 12.0. The Balaban J connectivity index is 1.82. The lowest BCUT2D eigenvalue weighted by Gasteiger charge is -2.29. The minimum atomic E-state index is -0.533. The molecule has 0 radical (unpaired) electrons. The number of benzene rings is 1. The van der Waals surface area contributed by atoms with E-state index in [0.29, 0.717) is 34.1 Å². The van der Waals surface area contributed by atoms with Crippen molar-refractivity contribution < 1.29 is 14.3 Å². The second-order valence-corrected chi connectivity index (χ2v) is 7.00. The number of fused-ring (bicyclic) bond motifs is 1. The van der Waals surface area contributed by atoms with E-state index in [9.17, 15) is 9.59 Å². The van der Waals surface area contributed by atoms with Gasteiger partial charge in [0.15, 0.2) is 0 Å². The molecule has 0 saturated carbocycles. The molecule has 2 aromatic rings. The van der Waals surface area contributed by atoms with Gasteiger partial charge in [0, 0.05) is 15.9 Å². The molecule has 6 nitrogen and oxygen atoms in total. The molecule has 0 unspecified atom stereocenters. The van der Waals surface area contributed by atoms with Crippen LogP contribution in [0.1, 0.15) is 30.3 Å². The Labute approximate surface area is 151 Å². The summed E-state index contributed by atoms with van der Waals surface area (Å²) in [6.07, 6.45) is 2.20. The topological polar surface area (TPSA) is 74.4 Å². The zero-order valence-electron chi connectivity index (χ0n) is 14.4. The molecule has 2 N–H and O–H groups in total. The van der Waals surface area contributed by atoms with Gasteiger partial charge in [0.1, 0.15) is 5.69 Å². The van der Waals surface area contributed by atoms with Gasteiger partial charge in [-0.05, 0) is 50.0 Å². The van der Waals surface area contributed by atoms with Crippen LogP contribution in [0.4, 0.5) is 5.69 Å². The zero-order chi connectivity index (χ0) is 18.0. The van der Waals surface area contributed by atoms with Gasteiger partial charge in [-0.25, -0.2) is 4.79 Å². The van der Waals surface area contributed by atoms with Crippen molar-refractivity contribution in [3.63, 3.8) is 0 Å². The van der Waals surface area contributed by atoms with E-state index in [2.05, 4.69) is 22.1 Å². The molecule has 1 aliphatic rings. The van der Waals surface area contributed by atoms with E-state index in [1.807, 2.05) is 0 Å². The summed E-state index contributed by atoms with van der Waals surface area (Å²) in [4.78, 5) is 29.7. The van der Waals surface area contributed by atoms with Crippen molar-refractivity contribution in [2.45, 2.75) is 19.8 Å². The van der Waals surface area contributed by atoms with Crippen LogP contribution in [0.5, 0.6) is 0 Å². The Morgan fingerprint density at radius 2 is 2.08 bits per heavy atom. The Hall–Kier alpha value is -2.05. The molecule has 3 rings (SSSR count). The molecule has 134 valence electrons. The molecule has 0 bridgehead atoms. The summed E-state index contributed by atoms with van der Waals surface area (Å²) in [6.45, 7) is 4.37. The maximum Gasteiger partial charge on any atom is 0.356 e. The number of amides is 1. The summed E-state index contributed by atoms with van der Waals surface area (Å²) in [5.41, 5.74) is 1.35. The molecule has 1 aliphatic heterocycles. The zero-order valence-corrected chi connectivity index (χ0v) is 15.2. The number of aromatic nitrogens is 1. The van der Waals surface area contributed by atoms with Gasteiger partial charge in [0.05, 0.1) is 19.3 Å². The van der Waals surface area contributed by atoms with Gasteiger partial charge in [-0.3, -0.25) is 9.69 Å². The highest BCUT2D eigenvalue weighted by Crippen LogP contribution is 2.30. The number of hydrogen-bond donors (Lipinski definition) is 2. The molecule has 1 aromatic carbocycles. The number of esters is 1. The van der Waals surface area contributed by atoms with Crippen LogP contribution >= 0.6 is 11.6 Å². The molecule has 25 heavy (non-hydrogen) atoms. The molecule has 1 amide bonds. The lowest BCUT2D eigenvalue weighted by Crippen LogP contribution is -2.38. The van der Waals surface area contributed by atoms with E-state index >= 15 is 0 Å². The van der Waals surface area contributed by atoms with Crippen molar-refractivity contribution in [2.75, 3.05) is 32.1 Å². The van der Waals surface area contributed by atoms with Crippen LogP contribution in [0.3, 0.4) is 0 Å². The van der Waals surface area contributed by atoms with Gasteiger partial charge in [-0.15, -0.1) is 0 Å². The van der Waals surface area contributed by atoms with Crippen molar-refractivity contribution in [1.82, 2.24) is 9.88 Å². The first-order valence-corrected chi connectivity index (χ1v) is 8.77.